The van der Waals surface area contributed by atoms with Crippen LogP contribution in [0.25, 0.3) is 83.1 Å². The maximum atomic E-state index is 2.57. The van der Waals surface area contributed by atoms with Crippen LogP contribution in [0.5, 0.6) is 0 Å². The van der Waals surface area contributed by atoms with Crippen molar-refractivity contribution in [2.75, 3.05) is 4.90 Å². The van der Waals surface area contributed by atoms with Crippen LogP contribution in [0.3, 0.4) is 0 Å². The Morgan fingerprint density at radius 2 is 0.817 bits per heavy atom. The monoisotopic (exact) mass is 914 g/mol. The number of hydrogen-bond donors (Lipinski definition) is 0. The molecule has 11 aromatic rings. The second-order valence-corrected chi connectivity index (χ2v) is 19.4. The fourth-order valence-corrected chi connectivity index (χ4v) is 11.7. The molecule has 0 unspecified atom stereocenters. The molecule has 0 aliphatic heterocycles. The van der Waals surface area contributed by atoms with Gasteiger partial charge in [0.15, 0.2) is 0 Å². The van der Waals surface area contributed by atoms with Crippen LogP contribution in [-0.2, 0) is 5.41 Å². The lowest BCUT2D eigenvalue weighted by Crippen LogP contribution is -2.26. The van der Waals surface area contributed by atoms with Gasteiger partial charge in [-0.3, -0.25) is 0 Å². The molecule has 1 aliphatic rings. The van der Waals surface area contributed by atoms with Crippen LogP contribution in [0.15, 0.2) is 243 Å². The molecule has 0 bridgehead atoms. The number of hydrogen-bond acceptors (Lipinski definition) is 1. The van der Waals surface area contributed by atoms with E-state index in [0.717, 1.165) is 49.9 Å². The minimum absolute atomic E-state index is 0.142. The second-order valence-electron chi connectivity index (χ2n) is 19.4. The van der Waals surface area contributed by atoms with Crippen molar-refractivity contribution in [2.45, 2.75) is 57.8 Å². The Morgan fingerprint density at radius 3 is 1.46 bits per heavy atom. The van der Waals surface area contributed by atoms with Crippen molar-refractivity contribution in [2.24, 2.45) is 0 Å². The average Bonchev–Trinajstić information content (AvgIpc) is 3.92. The molecule has 0 saturated heterocycles. The predicted octanol–water partition coefficient (Wildman–Crippen LogP) is 19.6. The summed E-state index contributed by atoms with van der Waals surface area (Å²) in [6.45, 7) is 4.70. The van der Waals surface area contributed by atoms with Gasteiger partial charge in [-0.1, -0.05) is 215 Å². The van der Waals surface area contributed by atoms with Gasteiger partial charge in [0.2, 0.25) is 0 Å². The molecule has 2 nitrogen and oxygen atoms in total. The summed E-state index contributed by atoms with van der Waals surface area (Å²) < 4.78 is 2.50. The van der Waals surface area contributed by atoms with Crippen LogP contribution in [0, 0.1) is 0 Å². The molecule has 0 spiro atoms. The summed E-state index contributed by atoms with van der Waals surface area (Å²) in [5, 5.41) is 2.59. The summed E-state index contributed by atoms with van der Waals surface area (Å²) in [4.78, 5) is 2.50. The molecule has 0 saturated carbocycles. The smallest absolute Gasteiger partial charge is 0.0541 e. The number of unbranched alkanes of at least 4 members (excludes halogenated alkanes) is 2. The van der Waals surface area contributed by atoms with Gasteiger partial charge in [-0.25, -0.2) is 0 Å². The highest BCUT2D eigenvalue weighted by Gasteiger charge is 2.43. The summed E-state index contributed by atoms with van der Waals surface area (Å²) in [5.41, 5.74) is 22.4. The third kappa shape index (κ3) is 7.94. The first-order valence-electron chi connectivity index (χ1n) is 25.7. The van der Waals surface area contributed by atoms with Gasteiger partial charge in [0.05, 0.1) is 11.0 Å². The number of fused-ring (bicyclic) bond motifs is 6. The van der Waals surface area contributed by atoms with E-state index in [1.165, 1.54) is 99.9 Å². The zero-order valence-electron chi connectivity index (χ0n) is 40.7. The van der Waals surface area contributed by atoms with Gasteiger partial charge >= 0.3 is 0 Å². The first kappa shape index (κ1) is 44.0. The molecular weight excluding hydrogens is 857 g/mol. The lowest BCUT2D eigenvalue weighted by atomic mass is 9.70. The van der Waals surface area contributed by atoms with Crippen LogP contribution in [0.1, 0.15) is 63.5 Å². The van der Waals surface area contributed by atoms with E-state index in [1.807, 2.05) is 0 Å². The number of rotatable bonds is 14. The van der Waals surface area contributed by atoms with Crippen molar-refractivity contribution in [3.63, 3.8) is 0 Å². The standard InChI is InChI=1S/C69H58N2/c1-3-5-43-69(44-6-4-2)65-47-57(39-41-61(65)62-42-40-58(48-66(62)69)71-67-33-17-15-31-63(67)64-32-16-18-34-68(64)71)70(55-37-35-50(36-38-55)53-26-19-25-52(45-53)49-21-9-7-10-22-49)56-28-20-27-54(46-56)60-30-14-13-29-59(60)51-23-11-8-12-24-51/h7-42,45-48H,3-6,43-44H2,1-2H3. The normalized spacial score (nSPS) is 12.5. The topological polar surface area (TPSA) is 8.17 Å². The SMILES string of the molecule is CCCCC1(CCCC)c2cc(N(c3ccc(-c4cccc(-c5ccccc5)c4)cc3)c3cccc(-c4ccccc4-c4ccccc4)c3)ccc2-c2ccc(-n3c4ccccc4c4ccccc43)cc21. The Hall–Kier alpha value is -8.20. The van der Waals surface area contributed by atoms with Crippen molar-refractivity contribution in [1.82, 2.24) is 4.57 Å². The molecule has 0 radical (unpaired) electrons. The zero-order chi connectivity index (χ0) is 47.7. The first-order chi connectivity index (χ1) is 35.1. The van der Waals surface area contributed by atoms with E-state index in [-0.39, 0.29) is 5.41 Å². The Balaban J connectivity index is 1.02. The van der Waals surface area contributed by atoms with Gasteiger partial charge in [0.25, 0.3) is 0 Å². The largest absolute Gasteiger partial charge is 0.310 e. The Kier molecular flexibility index (Phi) is 11.8. The molecule has 10 aromatic carbocycles. The van der Waals surface area contributed by atoms with Crippen molar-refractivity contribution in [3.05, 3.63) is 254 Å². The molecule has 1 aliphatic carbocycles. The van der Waals surface area contributed by atoms with Gasteiger partial charge in [-0.05, 0) is 146 Å². The van der Waals surface area contributed by atoms with E-state index < -0.39 is 0 Å². The first-order valence-corrected chi connectivity index (χ1v) is 25.7. The average molecular weight is 915 g/mol. The van der Waals surface area contributed by atoms with Crippen LogP contribution < -0.4 is 4.90 Å². The molecular formula is C69H58N2. The number of para-hydroxylation sites is 2. The van der Waals surface area contributed by atoms with Crippen LogP contribution in [-0.4, -0.2) is 4.57 Å². The Labute approximate surface area is 419 Å². The minimum Gasteiger partial charge on any atom is -0.310 e. The molecule has 71 heavy (non-hydrogen) atoms. The minimum atomic E-state index is -0.142. The molecule has 2 heteroatoms. The van der Waals surface area contributed by atoms with Crippen molar-refractivity contribution < 1.29 is 0 Å². The summed E-state index contributed by atoms with van der Waals surface area (Å²) in [6.07, 6.45) is 6.82. The van der Waals surface area contributed by atoms with Crippen LogP contribution in [0.2, 0.25) is 0 Å². The van der Waals surface area contributed by atoms with E-state index in [1.54, 1.807) is 0 Å². The maximum absolute atomic E-state index is 2.57. The van der Waals surface area contributed by atoms with E-state index in [0.29, 0.717) is 0 Å². The van der Waals surface area contributed by atoms with Crippen molar-refractivity contribution in [1.29, 1.82) is 0 Å². The van der Waals surface area contributed by atoms with Crippen molar-refractivity contribution >= 4 is 38.9 Å². The molecule has 0 amide bonds. The molecule has 12 rings (SSSR count). The van der Waals surface area contributed by atoms with E-state index in [2.05, 4.69) is 266 Å². The van der Waals surface area contributed by atoms with Gasteiger partial charge in [0, 0.05) is 38.9 Å². The number of anilines is 3. The molecule has 0 fully saturated rings. The third-order valence-corrected chi connectivity index (χ3v) is 15.2. The van der Waals surface area contributed by atoms with Gasteiger partial charge in [-0.15, -0.1) is 0 Å². The quantitative estimate of drug-likeness (QED) is 0.106. The number of benzene rings is 10. The summed E-state index contributed by atoms with van der Waals surface area (Å²) in [5.74, 6) is 0. The maximum Gasteiger partial charge on any atom is 0.0541 e. The fraction of sp³-hybridized carbons (Fsp3) is 0.130. The Bertz CT molecular complexity index is 3610. The fourth-order valence-electron chi connectivity index (χ4n) is 11.7. The number of aromatic nitrogens is 1. The van der Waals surface area contributed by atoms with Gasteiger partial charge < -0.3 is 9.47 Å². The van der Waals surface area contributed by atoms with Crippen LogP contribution >= 0.6 is 0 Å². The molecule has 1 aromatic heterocycles. The molecule has 1 heterocycles. The van der Waals surface area contributed by atoms with Crippen molar-refractivity contribution in [3.8, 4) is 61.3 Å². The lowest BCUT2D eigenvalue weighted by molar-refractivity contribution is 0.414. The summed E-state index contributed by atoms with van der Waals surface area (Å²) in [6, 6.07) is 90.1. The highest BCUT2D eigenvalue weighted by atomic mass is 15.1. The van der Waals surface area contributed by atoms with E-state index >= 15 is 0 Å². The Morgan fingerprint density at radius 1 is 0.338 bits per heavy atom. The zero-order valence-corrected chi connectivity index (χ0v) is 40.7. The lowest BCUT2D eigenvalue weighted by Gasteiger charge is -2.34. The molecule has 0 N–H and O–H groups in total. The summed E-state index contributed by atoms with van der Waals surface area (Å²) in [7, 11) is 0. The van der Waals surface area contributed by atoms with E-state index in [4.69, 9.17) is 0 Å². The third-order valence-electron chi connectivity index (χ3n) is 15.2. The highest BCUT2D eigenvalue weighted by molar-refractivity contribution is 6.09. The molecule has 344 valence electrons. The van der Waals surface area contributed by atoms with Gasteiger partial charge in [-0.2, -0.15) is 0 Å². The van der Waals surface area contributed by atoms with Gasteiger partial charge in [0.1, 0.15) is 0 Å². The number of nitrogens with zero attached hydrogens (tertiary/aromatic N) is 2. The summed E-state index contributed by atoms with van der Waals surface area (Å²) >= 11 is 0. The molecule has 0 atom stereocenters. The second kappa shape index (κ2) is 18.9. The van der Waals surface area contributed by atoms with Crippen LogP contribution in [0.4, 0.5) is 17.1 Å². The predicted molar refractivity (Wildman–Crippen MR) is 302 cm³/mol. The highest BCUT2D eigenvalue weighted by Crippen LogP contribution is 2.56. The van der Waals surface area contributed by atoms with E-state index in [9.17, 15) is 0 Å².